The summed E-state index contributed by atoms with van der Waals surface area (Å²) >= 11 is 5.88. The van der Waals surface area contributed by atoms with E-state index in [-0.39, 0.29) is 43.8 Å². The van der Waals surface area contributed by atoms with Crippen LogP contribution in [0.4, 0.5) is 4.39 Å². The van der Waals surface area contributed by atoms with Crippen LogP contribution in [-0.4, -0.2) is 70.2 Å². The minimum Gasteiger partial charge on any atom is -0.476 e. The van der Waals surface area contributed by atoms with Crippen molar-refractivity contribution in [3.05, 3.63) is 131 Å². The van der Waals surface area contributed by atoms with Crippen molar-refractivity contribution in [2.24, 2.45) is 0 Å². The number of hydrogen-bond donors (Lipinski definition) is 3. The van der Waals surface area contributed by atoms with Gasteiger partial charge in [-0.15, -0.1) is 0 Å². The Bertz CT molecular complexity index is 2160. The zero-order chi connectivity index (χ0) is 41.1. The Balaban J connectivity index is 1.04. The maximum atomic E-state index is 13.8. The van der Waals surface area contributed by atoms with Crippen LogP contribution in [0.5, 0.6) is 5.75 Å². The molecule has 0 saturated carbocycles. The molecule has 10 nitrogen and oxygen atoms in total. The predicted molar refractivity (Wildman–Crippen MR) is 219 cm³/mol. The van der Waals surface area contributed by atoms with Gasteiger partial charge in [0.15, 0.2) is 5.60 Å². The molecule has 0 unspecified atom stereocenters. The summed E-state index contributed by atoms with van der Waals surface area (Å²) in [5, 5.41) is 25.8. The van der Waals surface area contributed by atoms with Crippen LogP contribution in [-0.2, 0) is 25.5 Å². The molecule has 5 rings (SSSR count). The van der Waals surface area contributed by atoms with Gasteiger partial charge in [0.25, 0.3) is 5.91 Å². The van der Waals surface area contributed by atoms with Gasteiger partial charge < -0.3 is 34.3 Å². The molecule has 12 heteroatoms. The highest BCUT2D eigenvalue weighted by Gasteiger charge is 2.32. The maximum absolute atomic E-state index is 13.8. The molecule has 1 heterocycles. The lowest BCUT2D eigenvalue weighted by atomic mass is 10.0. The summed E-state index contributed by atoms with van der Waals surface area (Å²) in [5.74, 6) is -1.47. The maximum Gasteiger partial charge on any atom is 0.350 e. The second-order valence-electron chi connectivity index (χ2n) is 14.4. The summed E-state index contributed by atoms with van der Waals surface area (Å²) in [4.78, 5) is 37.5. The quantitative estimate of drug-likeness (QED) is 0.0598. The van der Waals surface area contributed by atoms with E-state index in [1.807, 2.05) is 36.4 Å². The summed E-state index contributed by atoms with van der Waals surface area (Å²) in [6.07, 6.45) is 1.17. The van der Waals surface area contributed by atoms with E-state index < -0.39 is 29.7 Å². The fourth-order valence-electron chi connectivity index (χ4n) is 6.37. The number of benzene rings is 4. The summed E-state index contributed by atoms with van der Waals surface area (Å²) < 4.78 is 32.3. The lowest BCUT2D eigenvalue weighted by Gasteiger charge is -2.24. The zero-order valence-electron chi connectivity index (χ0n) is 32.4. The van der Waals surface area contributed by atoms with Crippen molar-refractivity contribution in [3.63, 3.8) is 0 Å². The van der Waals surface area contributed by atoms with E-state index in [4.69, 9.17) is 25.8 Å². The van der Waals surface area contributed by atoms with Gasteiger partial charge in [-0.25, -0.2) is 9.18 Å². The first-order valence-corrected chi connectivity index (χ1v) is 19.2. The Hall–Kier alpha value is -5.49. The number of ether oxygens (including phenoxy) is 3. The van der Waals surface area contributed by atoms with Gasteiger partial charge in [0.05, 0.1) is 18.6 Å². The molecule has 300 valence electrons. The van der Waals surface area contributed by atoms with Crippen molar-refractivity contribution in [3.8, 4) is 16.9 Å². The molecular weight excluding hydrogens is 751 g/mol. The number of aliphatic hydroxyl groups excluding tert-OH is 2. The van der Waals surface area contributed by atoms with Gasteiger partial charge in [-0.2, -0.15) is 0 Å². The van der Waals surface area contributed by atoms with Crippen molar-refractivity contribution in [2.45, 2.75) is 70.8 Å². The van der Waals surface area contributed by atoms with E-state index in [1.165, 1.54) is 12.1 Å². The third kappa shape index (κ3) is 11.8. The van der Waals surface area contributed by atoms with E-state index >= 15 is 0 Å². The number of halogens is 2. The molecule has 57 heavy (non-hydrogen) atoms. The van der Waals surface area contributed by atoms with E-state index in [0.29, 0.717) is 29.3 Å². The van der Waals surface area contributed by atoms with Crippen LogP contribution in [0.2, 0.25) is 5.02 Å². The first-order chi connectivity index (χ1) is 27.2. The number of fused-ring (bicyclic) bond motifs is 1. The molecule has 4 aromatic carbocycles. The van der Waals surface area contributed by atoms with Gasteiger partial charge in [0.2, 0.25) is 0 Å². The summed E-state index contributed by atoms with van der Waals surface area (Å²) in [6, 6.07) is 28.0. The van der Waals surface area contributed by atoms with Crippen molar-refractivity contribution in [1.82, 2.24) is 9.88 Å². The van der Waals surface area contributed by atoms with Crippen molar-refractivity contribution < 1.29 is 43.2 Å². The number of para-hydroxylation sites is 1. The largest absolute Gasteiger partial charge is 0.476 e. The van der Waals surface area contributed by atoms with Crippen LogP contribution in [0.25, 0.3) is 28.1 Å². The summed E-state index contributed by atoms with van der Waals surface area (Å²) in [7, 11) is 0. The van der Waals surface area contributed by atoms with Crippen LogP contribution in [0.15, 0.2) is 103 Å². The molecule has 1 aromatic heterocycles. The highest BCUT2D eigenvalue weighted by atomic mass is 35.5. The zero-order valence-corrected chi connectivity index (χ0v) is 33.2. The van der Waals surface area contributed by atoms with Crippen LogP contribution < -0.4 is 10.1 Å². The monoisotopic (exact) mass is 798 g/mol. The van der Waals surface area contributed by atoms with Crippen LogP contribution in [0.1, 0.15) is 68.2 Å². The van der Waals surface area contributed by atoms with Gasteiger partial charge in [0.1, 0.15) is 24.8 Å². The van der Waals surface area contributed by atoms with E-state index in [1.54, 1.807) is 74.5 Å². The van der Waals surface area contributed by atoms with E-state index in [2.05, 4.69) is 23.7 Å². The summed E-state index contributed by atoms with van der Waals surface area (Å²) in [6.45, 7) is 7.20. The third-order valence-electron chi connectivity index (χ3n) is 9.16. The Morgan fingerprint density at radius 2 is 1.56 bits per heavy atom. The van der Waals surface area contributed by atoms with Gasteiger partial charge >= 0.3 is 11.9 Å². The second kappa shape index (κ2) is 19.6. The van der Waals surface area contributed by atoms with Crippen LogP contribution in [0, 0.1) is 5.82 Å². The molecule has 0 bridgehead atoms. The molecule has 2 atom stereocenters. The van der Waals surface area contributed by atoms with E-state index in [0.717, 1.165) is 33.3 Å². The smallest absolute Gasteiger partial charge is 0.350 e. The van der Waals surface area contributed by atoms with Gasteiger partial charge in [-0.1, -0.05) is 60.1 Å². The minimum absolute atomic E-state index is 0.0677. The van der Waals surface area contributed by atoms with Crippen LogP contribution >= 0.6 is 11.6 Å². The number of rotatable bonds is 18. The van der Waals surface area contributed by atoms with E-state index in [9.17, 15) is 29.0 Å². The van der Waals surface area contributed by atoms with Crippen LogP contribution in [0.3, 0.4) is 0 Å². The Kier molecular flexibility index (Phi) is 14.7. The highest BCUT2D eigenvalue weighted by molar-refractivity contribution is 6.30. The molecule has 3 N–H and O–H groups in total. The number of nitrogens with zero attached hydrogens (tertiary/aromatic N) is 1. The number of aromatic nitrogens is 1. The Morgan fingerprint density at radius 1 is 0.895 bits per heavy atom. The molecule has 0 aliphatic heterocycles. The molecular formula is C45H48ClFN2O8. The number of hydrogen-bond acceptors (Lipinski definition) is 8. The normalized spacial score (nSPS) is 12.8. The molecule has 0 aliphatic carbocycles. The predicted octanol–water partition coefficient (Wildman–Crippen LogP) is 8.11. The molecule has 0 fully saturated rings. The van der Waals surface area contributed by atoms with Crippen molar-refractivity contribution in [2.75, 3.05) is 19.8 Å². The number of esters is 2. The first-order valence-electron chi connectivity index (χ1n) is 18.8. The van der Waals surface area contributed by atoms with Crippen molar-refractivity contribution >= 4 is 46.4 Å². The molecule has 1 amide bonds. The molecule has 5 aromatic rings. The lowest BCUT2D eigenvalue weighted by Crippen LogP contribution is -2.40. The molecule has 0 saturated heterocycles. The lowest BCUT2D eigenvalue weighted by molar-refractivity contribution is -0.163. The average molecular weight is 799 g/mol. The van der Waals surface area contributed by atoms with Gasteiger partial charge in [-0.3, -0.25) is 9.59 Å². The Morgan fingerprint density at radius 3 is 2.25 bits per heavy atom. The topological polar surface area (TPSA) is 136 Å². The fourth-order valence-corrected chi connectivity index (χ4v) is 6.49. The fraction of sp³-hybridized carbons (Fsp3) is 0.311. The van der Waals surface area contributed by atoms with Gasteiger partial charge in [0, 0.05) is 51.8 Å². The van der Waals surface area contributed by atoms with Crippen molar-refractivity contribution in [1.29, 1.82) is 0 Å². The number of nitrogens with one attached hydrogen (secondary N) is 1. The summed E-state index contributed by atoms with van der Waals surface area (Å²) in [5.41, 5.74) is 3.65. The molecule has 0 spiro atoms. The number of aliphatic hydroxyl groups is 2. The Labute approximate surface area is 336 Å². The standard InChI is InChI=1S/C45H48ClFN2O8/c1-29(2)49-39-8-6-5-7-38(39)42(31-13-17-34(47)18-14-31)40(49)22-19-35(50)27-36(51)28-41(52)55-25-26-56-44(54)45(3,4)57-37-20-9-30(10-21-37)23-24-48-43(53)32-11-15-33(46)16-12-32/h5-22,29,35-36,50-51H,23-28H2,1-4H3,(H,48,53)/b22-19+/t35-,36-/m1/s1. The first kappa shape index (κ1) is 42.6. The molecule has 0 aliphatic rings. The number of amides is 1. The molecule has 0 radical (unpaired) electrons. The van der Waals surface area contributed by atoms with Gasteiger partial charge in [-0.05, 0) is 106 Å². The second-order valence-corrected chi connectivity index (χ2v) is 14.8. The third-order valence-corrected chi connectivity index (χ3v) is 9.42. The highest BCUT2D eigenvalue weighted by Crippen LogP contribution is 2.38. The number of carbonyl (C=O) groups excluding carboxylic acids is 3. The minimum atomic E-state index is -1.35. The SMILES string of the molecule is CC(C)n1c(/C=C/[C@@H](O)C[C@@H](O)CC(=O)OCCOC(=O)C(C)(C)Oc2ccc(CCNC(=O)c3ccc(Cl)cc3)cc2)c(-c2ccc(F)cc2)c2ccccc21. The number of carbonyl (C=O) groups is 3. The average Bonchev–Trinajstić information content (AvgIpc) is 3.51.